The number of aryl methyl sites for hydroxylation is 2. The van der Waals surface area contributed by atoms with Crippen LogP contribution in [0.3, 0.4) is 0 Å². The van der Waals surface area contributed by atoms with Crippen LogP contribution in [0.1, 0.15) is 16.7 Å². The molecule has 0 spiro atoms. The van der Waals surface area contributed by atoms with Crippen LogP contribution in [0.25, 0.3) is 17.1 Å². The van der Waals surface area contributed by atoms with E-state index < -0.39 is 0 Å². The topological polar surface area (TPSA) is 39.9 Å². The third-order valence-electron chi connectivity index (χ3n) is 4.93. The van der Waals surface area contributed by atoms with Crippen molar-refractivity contribution in [3.63, 3.8) is 0 Å². The second-order valence-electron chi connectivity index (χ2n) is 7.04. The van der Waals surface area contributed by atoms with Crippen molar-refractivity contribution in [2.24, 2.45) is 0 Å². The summed E-state index contributed by atoms with van der Waals surface area (Å²) in [6.07, 6.45) is 0. The molecule has 0 atom stereocenters. The molecule has 152 valence electrons. The van der Waals surface area contributed by atoms with Gasteiger partial charge < -0.3 is 4.74 Å². The van der Waals surface area contributed by atoms with Gasteiger partial charge in [0.2, 0.25) is 0 Å². The molecule has 1 aromatic heterocycles. The minimum Gasteiger partial charge on any atom is -0.496 e. The largest absolute Gasteiger partial charge is 0.496 e. The zero-order valence-corrected chi connectivity index (χ0v) is 18.7. The minimum atomic E-state index is 0.690. The van der Waals surface area contributed by atoms with Crippen molar-refractivity contribution in [3.05, 3.63) is 88.4 Å². The second-order valence-corrected chi connectivity index (χ2v) is 8.42. The number of hydrogen-bond acceptors (Lipinski definition) is 4. The van der Waals surface area contributed by atoms with Crippen LogP contribution in [0.5, 0.6) is 5.75 Å². The number of nitrogens with zero attached hydrogens (tertiary/aromatic N) is 3. The Kier molecular flexibility index (Phi) is 6.11. The smallest absolute Gasteiger partial charge is 0.196 e. The maximum Gasteiger partial charge on any atom is 0.196 e. The van der Waals surface area contributed by atoms with E-state index in [2.05, 4.69) is 46.8 Å². The zero-order valence-electron chi connectivity index (χ0n) is 17.1. The monoisotopic (exact) mass is 435 g/mol. The molecule has 30 heavy (non-hydrogen) atoms. The van der Waals surface area contributed by atoms with E-state index in [0.29, 0.717) is 5.02 Å². The molecule has 4 rings (SSSR count). The van der Waals surface area contributed by atoms with Gasteiger partial charge >= 0.3 is 0 Å². The van der Waals surface area contributed by atoms with E-state index in [4.69, 9.17) is 16.3 Å². The highest BCUT2D eigenvalue weighted by molar-refractivity contribution is 7.98. The standard InChI is InChI=1S/C24H22ClN3OS/c1-16-8-9-17(2)18(14-16)15-30-24-27-26-23(21-6-4-5-7-22(21)29-3)28(24)20-12-10-19(25)11-13-20/h4-14H,15H2,1-3H3. The van der Waals surface area contributed by atoms with Crippen LogP contribution in [0, 0.1) is 13.8 Å². The molecule has 0 aliphatic carbocycles. The highest BCUT2D eigenvalue weighted by Crippen LogP contribution is 2.34. The lowest BCUT2D eigenvalue weighted by Crippen LogP contribution is -2.01. The molecule has 0 amide bonds. The van der Waals surface area contributed by atoms with Crippen molar-refractivity contribution in [3.8, 4) is 22.8 Å². The van der Waals surface area contributed by atoms with Gasteiger partial charge in [-0.2, -0.15) is 0 Å². The quantitative estimate of drug-likeness (QED) is 0.324. The first-order valence-electron chi connectivity index (χ1n) is 9.60. The van der Waals surface area contributed by atoms with Gasteiger partial charge in [-0.3, -0.25) is 4.57 Å². The maximum absolute atomic E-state index is 6.13. The maximum atomic E-state index is 6.13. The molecule has 0 radical (unpaired) electrons. The number of ether oxygens (including phenoxy) is 1. The van der Waals surface area contributed by atoms with Crippen molar-refractivity contribution in [2.75, 3.05) is 7.11 Å². The van der Waals surface area contributed by atoms with Crippen LogP contribution >= 0.6 is 23.4 Å². The Balaban J connectivity index is 1.78. The molecule has 1 heterocycles. The first-order chi connectivity index (χ1) is 14.6. The molecule has 6 heteroatoms. The van der Waals surface area contributed by atoms with Gasteiger partial charge in [0, 0.05) is 16.5 Å². The summed E-state index contributed by atoms with van der Waals surface area (Å²) in [5.74, 6) is 2.30. The molecule has 4 nitrogen and oxygen atoms in total. The summed E-state index contributed by atoms with van der Waals surface area (Å²) in [5.41, 5.74) is 5.67. The Morgan fingerprint density at radius 1 is 0.967 bits per heavy atom. The van der Waals surface area contributed by atoms with E-state index in [1.807, 2.05) is 48.5 Å². The third-order valence-corrected chi connectivity index (χ3v) is 6.16. The summed E-state index contributed by atoms with van der Waals surface area (Å²) in [5, 5.41) is 10.6. The predicted molar refractivity (Wildman–Crippen MR) is 124 cm³/mol. The third kappa shape index (κ3) is 4.23. The molecule has 0 bridgehead atoms. The van der Waals surface area contributed by atoms with E-state index >= 15 is 0 Å². The lowest BCUT2D eigenvalue weighted by atomic mass is 10.1. The Labute approximate surface area is 185 Å². The Bertz CT molecular complexity index is 1170. The Morgan fingerprint density at radius 2 is 1.73 bits per heavy atom. The molecule has 0 saturated carbocycles. The Hall–Kier alpha value is -2.76. The SMILES string of the molecule is COc1ccccc1-c1nnc(SCc2cc(C)ccc2C)n1-c1ccc(Cl)cc1. The number of aromatic nitrogens is 3. The fourth-order valence-corrected chi connectivity index (χ4v) is 4.43. The van der Waals surface area contributed by atoms with Gasteiger partial charge in [0.1, 0.15) is 5.75 Å². The molecular weight excluding hydrogens is 414 g/mol. The Morgan fingerprint density at radius 3 is 2.50 bits per heavy atom. The molecule has 0 saturated heterocycles. The van der Waals surface area contributed by atoms with E-state index in [1.54, 1.807) is 18.9 Å². The summed E-state index contributed by atoms with van der Waals surface area (Å²) in [6, 6.07) is 22.1. The predicted octanol–water partition coefficient (Wildman–Crippen LogP) is 6.51. The number of thioether (sulfide) groups is 1. The molecule has 4 aromatic rings. The van der Waals surface area contributed by atoms with Crippen LogP contribution in [0.15, 0.2) is 71.9 Å². The molecule has 0 N–H and O–H groups in total. The lowest BCUT2D eigenvalue weighted by Gasteiger charge is -2.13. The minimum absolute atomic E-state index is 0.690. The molecule has 3 aromatic carbocycles. The van der Waals surface area contributed by atoms with Crippen molar-refractivity contribution < 1.29 is 4.74 Å². The first kappa shape index (κ1) is 20.5. The van der Waals surface area contributed by atoms with Crippen molar-refractivity contribution >= 4 is 23.4 Å². The summed E-state index contributed by atoms with van der Waals surface area (Å²) in [6.45, 7) is 4.25. The highest BCUT2D eigenvalue weighted by Gasteiger charge is 2.19. The number of para-hydroxylation sites is 1. The van der Waals surface area contributed by atoms with E-state index in [0.717, 1.165) is 33.7 Å². The van der Waals surface area contributed by atoms with E-state index in [1.165, 1.54) is 16.7 Å². The summed E-state index contributed by atoms with van der Waals surface area (Å²) >= 11 is 7.79. The van der Waals surface area contributed by atoms with Gasteiger partial charge in [-0.25, -0.2) is 0 Å². The van der Waals surface area contributed by atoms with Gasteiger partial charge in [-0.05, 0) is 61.4 Å². The first-order valence-corrected chi connectivity index (χ1v) is 11.0. The average molecular weight is 436 g/mol. The van der Waals surface area contributed by atoms with Crippen molar-refractivity contribution in [1.82, 2.24) is 14.8 Å². The van der Waals surface area contributed by atoms with Gasteiger partial charge in [0.05, 0.1) is 12.7 Å². The molecule has 0 aliphatic heterocycles. The number of benzene rings is 3. The van der Waals surface area contributed by atoms with Gasteiger partial charge in [-0.15, -0.1) is 10.2 Å². The lowest BCUT2D eigenvalue weighted by molar-refractivity contribution is 0.416. The van der Waals surface area contributed by atoms with Crippen LogP contribution in [-0.2, 0) is 5.75 Å². The van der Waals surface area contributed by atoms with E-state index in [9.17, 15) is 0 Å². The van der Waals surface area contributed by atoms with Crippen LogP contribution < -0.4 is 4.74 Å². The fourth-order valence-electron chi connectivity index (χ4n) is 3.29. The molecule has 0 unspecified atom stereocenters. The second kappa shape index (κ2) is 8.94. The van der Waals surface area contributed by atoms with Crippen LogP contribution in [-0.4, -0.2) is 21.9 Å². The average Bonchev–Trinajstić information content (AvgIpc) is 3.18. The molecule has 0 fully saturated rings. The van der Waals surface area contributed by atoms with Crippen molar-refractivity contribution in [2.45, 2.75) is 24.8 Å². The van der Waals surface area contributed by atoms with Gasteiger partial charge in [-0.1, -0.05) is 59.3 Å². The molecule has 0 aliphatic rings. The molecular formula is C24H22ClN3OS. The van der Waals surface area contributed by atoms with Gasteiger partial charge in [0.25, 0.3) is 0 Å². The number of methoxy groups -OCH3 is 1. The van der Waals surface area contributed by atoms with Gasteiger partial charge in [0.15, 0.2) is 11.0 Å². The van der Waals surface area contributed by atoms with Crippen LogP contribution in [0.4, 0.5) is 0 Å². The van der Waals surface area contributed by atoms with Crippen molar-refractivity contribution in [1.29, 1.82) is 0 Å². The summed E-state index contributed by atoms with van der Waals surface area (Å²) < 4.78 is 7.63. The number of rotatable bonds is 6. The highest BCUT2D eigenvalue weighted by atomic mass is 35.5. The van der Waals surface area contributed by atoms with Crippen LogP contribution in [0.2, 0.25) is 5.02 Å². The number of halogens is 1. The number of hydrogen-bond donors (Lipinski definition) is 0. The summed E-state index contributed by atoms with van der Waals surface area (Å²) in [7, 11) is 1.66. The zero-order chi connectivity index (χ0) is 21.1. The normalized spacial score (nSPS) is 10.9. The fraction of sp³-hybridized carbons (Fsp3) is 0.167. The van der Waals surface area contributed by atoms with E-state index in [-0.39, 0.29) is 0 Å². The summed E-state index contributed by atoms with van der Waals surface area (Å²) in [4.78, 5) is 0.